The van der Waals surface area contributed by atoms with Gasteiger partial charge in [0.1, 0.15) is 5.75 Å². The molecule has 1 radical (unpaired) electrons. The summed E-state index contributed by atoms with van der Waals surface area (Å²) in [5.74, 6) is -0.137. The number of hydrogen-bond acceptors (Lipinski definition) is 2. The van der Waals surface area contributed by atoms with E-state index in [1.54, 1.807) is 0 Å². The zero-order valence-electron chi connectivity index (χ0n) is 8.49. The van der Waals surface area contributed by atoms with E-state index in [1.807, 2.05) is 0 Å². The molecule has 0 fully saturated rings. The van der Waals surface area contributed by atoms with Crippen LogP contribution in [0.15, 0.2) is 36.5 Å². The minimum Gasteiger partial charge on any atom is -0.507 e. The SMILES string of the molecule is Oc1[c]ccc(-c2cc(C(F)(F)F)ccn2)c1. The van der Waals surface area contributed by atoms with Gasteiger partial charge in [0, 0.05) is 17.8 Å². The van der Waals surface area contributed by atoms with Crippen LogP contribution >= 0.6 is 0 Å². The summed E-state index contributed by atoms with van der Waals surface area (Å²) in [5, 5.41) is 9.20. The number of aromatic nitrogens is 1. The lowest BCUT2D eigenvalue weighted by atomic mass is 10.1. The molecule has 1 heterocycles. The van der Waals surface area contributed by atoms with E-state index in [-0.39, 0.29) is 11.4 Å². The summed E-state index contributed by atoms with van der Waals surface area (Å²) in [7, 11) is 0. The van der Waals surface area contributed by atoms with Crippen LogP contribution < -0.4 is 0 Å². The number of alkyl halides is 3. The third-order valence-corrected chi connectivity index (χ3v) is 2.17. The molecular formula is C12H7F3NO. The number of phenolic OH excluding ortho intramolecular Hbond substituents is 1. The molecule has 2 aromatic rings. The van der Waals surface area contributed by atoms with Crippen molar-refractivity contribution in [2.75, 3.05) is 0 Å². The van der Waals surface area contributed by atoms with E-state index in [9.17, 15) is 18.3 Å². The van der Waals surface area contributed by atoms with E-state index in [1.165, 1.54) is 18.2 Å². The third-order valence-electron chi connectivity index (χ3n) is 2.17. The standard InChI is InChI=1S/C12H7F3NO/c13-12(14,15)9-4-5-16-11(7-9)8-2-1-3-10(17)6-8/h1-2,4-7,17H. The number of benzene rings is 1. The Kier molecular flexibility index (Phi) is 2.75. The van der Waals surface area contributed by atoms with Gasteiger partial charge in [0.05, 0.1) is 11.3 Å². The molecule has 0 aliphatic heterocycles. The van der Waals surface area contributed by atoms with E-state index in [2.05, 4.69) is 11.1 Å². The summed E-state index contributed by atoms with van der Waals surface area (Å²) in [4.78, 5) is 3.84. The number of halogens is 3. The molecule has 0 aliphatic carbocycles. The van der Waals surface area contributed by atoms with Gasteiger partial charge < -0.3 is 5.11 Å². The van der Waals surface area contributed by atoms with Crippen molar-refractivity contribution in [2.24, 2.45) is 0 Å². The molecule has 0 bridgehead atoms. The average molecular weight is 238 g/mol. The van der Waals surface area contributed by atoms with Crippen molar-refractivity contribution in [1.29, 1.82) is 0 Å². The molecule has 1 aromatic carbocycles. The molecule has 1 N–H and O–H groups in total. The van der Waals surface area contributed by atoms with E-state index in [0.29, 0.717) is 5.56 Å². The average Bonchev–Trinajstić information content (AvgIpc) is 2.28. The normalized spacial score (nSPS) is 11.5. The molecule has 0 saturated heterocycles. The van der Waals surface area contributed by atoms with Crippen molar-refractivity contribution in [3.63, 3.8) is 0 Å². The molecule has 2 nitrogen and oxygen atoms in total. The predicted molar refractivity (Wildman–Crippen MR) is 55.2 cm³/mol. The first-order chi connectivity index (χ1) is 7.97. The highest BCUT2D eigenvalue weighted by Crippen LogP contribution is 2.31. The maximum atomic E-state index is 12.5. The molecule has 0 amide bonds. The number of aromatic hydroxyl groups is 1. The molecule has 17 heavy (non-hydrogen) atoms. The predicted octanol–water partition coefficient (Wildman–Crippen LogP) is 3.27. The van der Waals surface area contributed by atoms with Crippen molar-refractivity contribution < 1.29 is 18.3 Å². The largest absolute Gasteiger partial charge is 0.507 e. The fourth-order valence-electron chi connectivity index (χ4n) is 1.38. The molecule has 87 valence electrons. The van der Waals surface area contributed by atoms with Gasteiger partial charge in [-0.2, -0.15) is 13.2 Å². The monoisotopic (exact) mass is 238 g/mol. The van der Waals surface area contributed by atoms with Crippen molar-refractivity contribution in [3.05, 3.63) is 48.2 Å². The minimum absolute atomic E-state index is 0.137. The summed E-state index contributed by atoms with van der Waals surface area (Å²) in [5.41, 5.74) is -0.203. The fraction of sp³-hybridized carbons (Fsp3) is 0.0833. The first kappa shape index (κ1) is 11.4. The van der Waals surface area contributed by atoms with E-state index < -0.39 is 11.7 Å². The molecule has 2 rings (SSSR count). The first-order valence-electron chi connectivity index (χ1n) is 4.71. The third kappa shape index (κ3) is 2.55. The van der Waals surface area contributed by atoms with Crippen molar-refractivity contribution in [3.8, 4) is 17.0 Å². The van der Waals surface area contributed by atoms with Gasteiger partial charge in [-0.3, -0.25) is 4.98 Å². The van der Waals surface area contributed by atoms with Crippen LogP contribution in [0.4, 0.5) is 13.2 Å². The summed E-state index contributed by atoms with van der Waals surface area (Å²) in [6.45, 7) is 0. The molecule has 0 aliphatic rings. The second-order valence-electron chi connectivity index (χ2n) is 3.39. The Morgan fingerprint density at radius 1 is 1.18 bits per heavy atom. The molecule has 0 atom stereocenters. The highest BCUT2D eigenvalue weighted by Gasteiger charge is 2.30. The van der Waals surface area contributed by atoms with Crippen molar-refractivity contribution in [2.45, 2.75) is 6.18 Å². The number of phenols is 1. The Bertz CT molecular complexity index is 537. The lowest BCUT2D eigenvalue weighted by Gasteiger charge is -2.08. The lowest BCUT2D eigenvalue weighted by molar-refractivity contribution is -0.137. The van der Waals surface area contributed by atoms with Crippen molar-refractivity contribution in [1.82, 2.24) is 4.98 Å². The highest BCUT2D eigenvalue weighted by molar-refractivity contribution is 5.61. The lowest BCUT2D eigenvalue weighted by Crippen LogP contribution is -2.05. The van der Waals surface area contributed by atoms with Gasteiger partial charge >= 0.3 is 6.18 Å². The minimum atomic E-state index is -4.40. The molecule has 0 saturated carbocycles. The molecule has 1 aromatic heterocycles. The second-order valence-corrected chi connectivity index (χ2v) is 3.39. The Hall–Kier alpha value is -2.04. The van der Waals surface area contributed by atoms with Crippen LogP contribution in [0.25, 0.3) is 11.3 Å². The van der Waals surface area contributed by atoms with Gasteiger partial charge in [-0.15, -0.1) is 0 Å². The number of hydrogen-bond donors (Lipinski definition) is 1. The summed E-state index contributed by atoms with van der Waals surface area (Å²) < 4.78 is 37.4. The zero-order valence-corrected chi connectivity index (χ0v) is 8.49. The quantitative estimate of drug-likeness (QED) is 0.827. The molecule has 0 unspecified atom stereocenters. The van der Waals surface area contributed by atoms with Gasteiger partial charge in [-0.1, -0.05) is 6.07 Å². The van der Waals surface area contributed by atoms with Gasteiger partial charge in [-0.05, 0) is 24.3 Å². The smallest absolute Gasteiger partial charge is 0.416 e. The van der Waals surface area contributed by atoms with Gasteiger partial charge in [0.15, 0.2) is 0 Å². The van der Waals surface area contributed by atoms with Crippen LogP contribution in [0.1, 0.15) is 5.56 Å². The maximum absolute atomic E-state index is 12.5. The second kappa shape index (κ2) is 4.08. The van der Waals surface area contributed by atoms with Gasteiger partial charge in [0.2, 0.25) is 0 Å². The molecule has 5 heteroatoms. The van der Waals surface area contributed by atoms with E-state index in [4.69, 9.17) is 0 Å². The van der Waals surface area contributed by atoms with Crippen LogP contribution in [0.2, 0.25) is 0 Å². The van der Waals surface area contributed by atoms with Gasteiger partial charge in [-0.25, -0.2) is 0 Å². The topological polar surface area (TPSA) is 33.1 Å². The van der Waals surface area contributed by atoms with Crippen LogP contribution in [-0.2, 0) is 6.18 Å². The van der Waals surface area contributed by atoms with E-state index >= 15 is 0 Å². The maximum Gasteiger partial charge on any atom is 0.416 e. The van der Waals surface area contributed by atoms with E-state index in [0.717, 1.165) is 18.3 Å². The zero-order chi connectivity index (χ0) is 12.5. The molecular weight excluding hydrogens is 231 g/mol. The Labute approximate surface area is 95.4 Å². The molecule has 0 spiro atoms. The Morgan fingerprint density at radius 2 is 1.94 bits per heavy atom. The van der Waals surface area contributed by atoms with Crippen LogP contribution in [0.3, 0.4) is 0 Å². The number of pyridine rings is 1. The Balaban J connectivity index is 2.47. The van der Waals surface area contributed by atoms with Crippen molar-refractivity contribution >= 4 is 0 Å². The first-order valence-corrected chi connectivity index (χ1v) is 4.71. The van der Waals surface area contributed by atoms with Crippen LogP contribution in [-0.4, -0.2) is 10.1 Å². The van der Waals surface area contributed by atoms with Crippen LogP contribution in [0, 0.1) is 6.07 Å². The summed E-state index contributed by atoms with van der Waals surface area (Å²) in [6, 6.07) is 8.59. The number of rotatable bonds is 1. The van der Waals surface area contributed by atoms with Gasteiger partial charge in [0.25, 0.3) is 0 Å². The fourth-order valence-corrected chi connectivity index (χ4v) is 1.38. The summed E-state index contributed by atoms with van der Waals surface area (Å²) >= 11 is 0. The highest BCUT2D eigenvalue weighted by atomic mass is 19.4. The van der Waals surface area contributed by atoms with Crippen LogP contribution in [0.5, 0.6) is 5.75 Å². The number of nitrogens with zero attached hydrogens (tertiary/aromatic N) is 1. The summed E-state index contributed by atoms with van der Waals surface area (Å²) in [6.07, 6.45) is -3.31. The Morgan fingerprint density at radius 3 is 2.59 bits per heavy atom.